The summed E-state index contributed by atoms with van der Waals surface area (Å²) >= 11 is 0. The van der Waals surface area contributed by atoms with Crippen molar-refractivity contribution in [3.8, 4) is 5.75 Å². The van der Waals surface area contributed by atoms with Gasteiger partial charge in [-0.05, 0) is 55.4 Å². The Balaban J connectivity index is 1.63. The number of hydrogen-bond acceptors (Lipinski definition) is 8. The molecule has 1 aromatic carbocycles. The molecule has 0 unspecified atom stereocenters. The highest BCUT2D eigenvalue weighted by Gasteiger charge is 2.32. The van der Waals surface area contributed by atoms with Crippen molar-refractivity contribution in [2.24, 2.45) is 0 Å². The molecule has 0 bridgehead atoms. The van der Waals surface area contributed by atoms with E-state index in [-0.39, 0.29) is 32.9 Å². The van der Waals surface area contributed by atoms with Gasteiger partial charge in [-0.15, -0.1) is 4.63 Å². The van der Waals surface area contributed by atoms with Crippen molar-refractivity contribution >= 4 is 27.3 Å². The number of hydrogen-bond donors (Lipinski definition) is 4. The van der Waals surface area contributed by atoms with Crippen LogP contribution in [0, 0.1) is 11.8 Å². The lowest BCUT2D eigenvalue weighted by atomic mass is 10.2. The SMILES string of the molecule is CC[C@@H](Nc1[nH]o[n+](=O)c1Nc1cccc(S(=O)(=O)N2CCCC2)c1O)c1ccc(C)o1. The molecule has 4 N–H and O–H groups in total. The molecule has 1 saturated heterocycles. The molecule has 3 heterocycles. The minimum absolute atomic E-state index is 0.0506. The highest BCUT2D eigenvalue weighted by atomic mass is 32.2. The summed E-state index contributed by atoms with van der Waals surface area (Å²) in [5, 5.41) is 19.1. The fourth-order valence-electron chi connectivity index (χ4n) is 3.69. The Kier molecular flexibility index (Phi) is 5.98. The van der Waals surface area contributed by atoms with Gasteiger partial charge in [0.25, 0.3) is 5.82 Å². The molecule has 0 amide bonds. The van der Waals surface area contributed by atoms with Crippen LogP contribution in [0.4, 0.5) is 17.3 Å². The van der Waals surface area contributed by atoms with Crippen molar-refractivity contribution in [3.05, 3.63) is 46.8 Å². The van der Waals surface area contributed by atoms with Crippen molar-refractivity contribution in [1.29, 1.82) is 0 Å². The summed E-state index contributed by atoms with van der Waals surface area (Å²) in [5.74, 6) is 1.12. The van der Waals surface area contributed by atoms with E-state index < -0.39 is 15.8 Å². The standard InChI is InChI=1S/C20H25N5O6S/c1-3-14(16-10-9-13(2)30-16)21-19-20(25(27)31-23-19)22-15-7-6-8-17(18(15)26)32(28,29)24-11-4-5-12-24/h6-10,14,22H,3-5,11-12H2,1-2H3,(H2-,21,23,26,27)/p+1/t14-/m1/s1. The van der Waals surface area contributed by atoms with E-state index in [1.165, 1.54) is 22.5 Å². The number of anilines is 3. The van der Waals surface area contributed by atoms with Crippen molar-refractivity contribution in [2.45, 2.75) is 44.0 Å². The number of sulfonamides is 1. The van der Waals surface area contributed by atoms with Gasteiger partial charge in [0.1, 0.15) is 22.1 Å². The lowest BCUT2D eigenvalue weighted by molar-refractivity contribution is -0.701. The summed E-state index contributed by atoms with van der Waals surface area (Å²) in [6.45, 7) is 4.61. The van der Waals surface area contributed by atoms with Gasteiger partial charge in [0.05, 0.1) is 6.04 Å². The van der Waals surface area contributed by atoms with Gasteiger partial charge in [-0.1, -0.05) is 18.1 Å². The fraction of sp³-hybridized carbons (Fsp3) is 0.400. The maximum absolute atomic E-state index is 12.9. The zero-order valence-electron chi connectivity index (χ0n) is 17.8. The summed E-state index contributed by atoms with van der Waals surface area (Å²) in [5.41, 5.74) is 0.0506. The first-order valence-corrected chi connectivity index (χ1v) is 11.8. The smallest absolute Gasteiger partial charge is 0.371 e. The first-order valence-electron chi connectivity index (χ1n) is 10.4. The van der Waals surface area contributed by atoms with Gasteiger partial charge < -0.3 is 14.8 Å². The van der Waals surface area contributed by atoms with Gasteiger partial charge in [0.2, 0.25) is 10.0 Å². The molecule has 1 aliphatic heterocycles. The van der Waals surface area contributed by atoms with Crippen molar-refractivity contribution in [3.63, 3.8) is 0 Å². The van der Waals surface area contributed by atoms with Gasteiger partial charge in [-0.25, -0.2) is 8.42 Å². The van der Waals surface area contributed by atoms with Crippen LogP contribution in [0.3, 0.4) is 0 Å². The highest BCUT2D eigenvalue weighted by molar-refractivity contribution is 7.89. The predicted octanol–water partition coefficient (Wildman–Crippen LogP) is 3.22. The van der Waals surface area contributed by atoms with E-state index in [0.717, 1.165) is 18.6 Å². The number of aromatic nitrogens is 2. The molecule has 32 heavy (non-hydrogen) atoms. The van der Waals surface area contributed by atoms with Gasteiger partial charge >= 0.3 is 5.82 Å². The molecule has 0 radical (unpaired) electrons. The molecule has 1 fully saturated rings. The van der Waals surface area contributed by atoms with E-state index in [2.05, 4.69) is 15.8 Å². The maximum atomic E-state index is 12.9. The second-order valence-corrected chi connectivity index (χ2v) is 9.52. The number of nitrogens with one attached hydrogen (secondary N) is 3. The molecule has 11 nitrogen and oxygen atoms in total. The lowest BCUT2D eigenvalue weighted by Gasteiger charge is -2.17. The van der Waals surface area contributed by atoms with Gasteiger partial charge in [0, 0.05) is 13.1 Å². The Morgan fingerprint density at radius 2 is 2.00 bits per heavy atom. The van der Waals surface area contributed by atoms with Crippen LogP contribution in [-0.4, -0.2) is 36.1 Å². The maximum Gasteiger partial charge on any atom is 0.371 e. The van der Waals surface area contributed by atoms with Crippen LogP contribution in [0.5, 0.6) is 5.75 Å². The lowest BCUT2D eigenvalue weighted by Crippen LogP contribution is -2.28. The molecule has 2 aromatic heterocycles. The number of para-hydroxylation sites is 1. The quantitative estimate of drug-likeness (QED) is 0.372. The second-order valence-electron chi connectivity index (χ2n) is 7.62. The molecule has 3 aromatic rings. The normalized spacial score (nSPS) is 15.7. The molecule has 1 atom stereocenters. The summed E-state index contributed by atoms with van der Waals surface area (Å²) in [6, 6.07) is 7.74. The third kappa shape index (κ3) is 4.10. The number of H-pyrrole nitrogens is 1. The number of phenols is 1. The molecule has 0 spiro atoms. The van der Waals surface area contributed by atoms with Crippen LogP contribution in [0.1, 0.15) is 43.7 Å². The van der Waals surface area contributed by atoms with E-state index in [1.54, 1.807) is 0 Å². The van der Waals surface area contributed by atoms with Crippen LogP contribution in [0.25, 0.3) is 0 Å². The Morgan fingerprint density at radius 3 is 2.66 bits per heavy atom. The molecule has 0 saturated carbocycles. The number of aromatic amines is 1. The summed E-state index contributed by atoms with van der Waals surface area (Å²) in [6.07, 6.45) is 2.21. The first kappa shape index (κ1) is 22.0. The van der Waals surface area contributed by atoms with Crippen LogP contribution in [-0.2, 0) is 10.0 Å². The number of nitrogens with zero attached hydrogens (tertiary/aromatic N) is 2. The van der Waals surface area contributed by atoms with Crippen LogP contribution >= 0.6 is 0 Å². The molecular weight excluding hydrogens is 438 g/mol. The number of phenolic OH excluding ortho intramolecular Hbond substituents is 1. The second kappa shape index (κ2) is 8.71. The largest absolute Gasteiger partial charge is 0.503 e. The van der Waals surface area contributed by atoms with E-state index in [1.807, 2.05) is 26.0 Å². The van der Waals surface area contributed by atoms with Crippen LogP contribution < -0.4 is 15.2 Å². The molecular formula is C20H26N5O6S+. The Hall–Kier alpha value is -3.25. The number of aryl methyl sites for hydroxylation is 1. The minimum atomic E-state index is -3.85. The van der Waals surface area contributed by atoms with Crippen molar-refractivity contribution in [1.82, 2.24) is 9.46 Å². The van der Waals surface area contributed by atoms with Gasteiger partial charge in [0.15, 0.2) is 10.3 Å². The molecule has 0 aliphatic carbocycles. The van der Waals surface area contributed by atoms with E-state index in [4.69, 9.17) is 9.05 Å². The fourth-order valence-corrected chi connectivity index (χ4v) is 5.32. The third-order valence-corrected chi connectivity index (χ3v) is 7.35. The third-order valence-electron chi connectivity index (χ3n) is 5.42. The summed E-state index contributed by atoms with van der Waals surface area (Å²) in [4.78, 5) is 12.0. The Labute approximate surface area is 184 Å². The van der Waals surface area contributed by atoms with Crippen LogP contribution in [0.2, 0.25) is 0 Å². The topological polar surface area (TPSA) is 147 Å². The molecule has 12 heteroatoms. The van der Waals surface area contributed by atoms with Crippen molar-refractivity contribution in [2.75, 3.05) is 23.7 Å². The van der Waals surface area contributed by atoms with Crippen molar-refractivity contribution < 1.29 is 27.2 Å². The Bertz CT molecular complexity index is 1260. The summed E-state index contributed by atoms with van der Waals surface area (Å²) < 4.78 is 37.9. The van der Waals surface area contributed by atoms with E-state index in [0.29, 0.717) is 25.3 Å². The minimum Gasteiger partial charge on any atom is -0.503 e. The van der Waals surface area contributed by atoms with E-state index >= 15 is 0 Å². The number of benzene rings is 1. The van der Waals surface area contributed by atoms with E-state index in [9.17, 15) is 18.4 Å². The number of rotatable bonds is 8. The predicted molar refractivity (Wildman–Crippen MR) is 116 cm³/mol. The summed E-state index contributed by atoms with van der Waals surface area (Å²) in [7, 11) is -3.85. The average molecular weight is 465 g/mol. The zero-order valence-corrected chi connectivity index (χ0v) is 18.6. The number of furan rings is 1. The van der Waals surface area contributed by atoms with Crippen LogP contribution in [0.15, 0.2) is 44.3 Å². The first-order chi connectivity index (χ1) is 15.3. The monoisotopic (exact) mass is 464 g/mol. The zero-order chi connectivity index (χ0) is 22.9. The van der Waals surface area contributed by atoms with Gasteiger partial charge in [-0.2, -0.15) is 4.31 Å². The average Bonchev–Trinajstić information content (AvgIpc) is 3.51. The number of aromatic hydroxyl groups is 1. The molecule has 4 rings (SSSR count). The van der Waals surface area contributed by atoms with Gasteiger partial charge in [-0.3, -0.25) is 5.32 Å². The highest BCUT2D eigenvalue weighted by Crippen LogP contribution is 2.36. The molecule has 1 aliphatic rings. The molecule has 172 valence electrons. The Morgan fingerprint density at radius 1 is 1.25 bits per heavy atom.